The summed E-state index contributed by atoms with van der Waals surface area (Å²) in [4.78, 5) is 29.9. The molecule has 10 heteroatoms. The topological polar surface area (TPSA) is 112 Å². The molecule has 8 nitrogen and oxygen atoms in total. The molecule has 0 radical (unpaired) electrons. The van der Waals surface area contributed by atoms with Crippen LogP contribution in [0, 0.1) is 11.0 Å². The number of aromatic amines is 2. The summed E-state index contributed by atoms with van der Waals surface area (Å²) in [6, 6.07) is 11.1. The largest absolute Gasteiger partial charge is 0.335 e. The van der Waals surface area contributed by atoms with Gasteiger partial charge in [-0.2, -0.15) is 9.49 Å². The normalized spacial score (nSPS) is 13.8. The van der Waals surface area contributed by atoms with Crippen LogP contribution in [-0.4, -0.2) is 36.0 Å². The van der Waals surface area contributed by atoms with Gasteiger partial charge in [-0.15, -0.1) is 11.3 Å². The van der Waals surface area contributed by atoms with E-state index in [1.165, 1.54) is 6.07 Å². The first kappa shape index (κ1) is 21.8. The van der Waals surface area contributed by atoms with Crippen molar-refractivity contribution in [3.05, 3.63) is 66.3 Å². The summed E-state index contributed by atoms with van der Waals surface area (Å²) in [6.07, 6.45) is 9.85. The lowest BCUT2D eigenvalue weighted by Gasteiger charge is -2.24. The van der Waals surface area contributed by atoms with Crippen molar-refractivity contribution in [3.8, 4) is 33.1 Å². The highest BCUT2D eigenvalue weighted by molar-refractivity contribution is 7.14. The van der Waals surface area contributed by atoms with Gasteiger partial charge in [0.2, 0.25) is 5.91 Å². The Morgan fingerprint density at radius 1 is 1.00 bits per heavy atom. The number of carbonyl (C=O) groups is 1. The van der Waals surface area contributed by atoms with Gasteiger partial charge in [-0.05, 0) is 48.7 Å². The Bertz CT molecular complexity index is 1800. The second kappa shape index (κ2) is 8.59. The molecule has 6 aromatic rings. The number of nitrogens with one attached hydrogen (secondary N) is 3. The summed E-state index contributed by atoms with van der Waals surface area (Å²) in [5, 5.41) is 11.2. The van der Waals surface area contributed by atoms with Crippen molar-refractivity contribution in [2.75, 3.05) is 5.32 Å². The molecule has 0 saturated heterocycles. The average molecular weight is 510 g/mol. The molecule has 1 fully saturated rings. The molecule has 5 aromatic heterocycles. The quantitative estimate of drug-likeness (QED) is 0.257. The van der Waals surface area contributed by atoms with Crippen LogP contribution >= 0.6 is 11.3 Å². The zero-order valence-corrected chi connectivity index (χ0v) is 20.3. The minimum absolute atomic E-state index is 0.0572. The number of thiophene rings is 1. The highest BCUT2D eigenvalue weighted by Crippen LogP contribution is 2.35. The number of halogens is 1. The van der Waals surface area contributed by atoms with Crippen molar-refractivity contribution < 1.29 is 9.18 Å². The Kier molecular flexibility index (Phi) is 5.07. The third kappa shape index (κ3) is 3.86. The Morgan fingerprint density at radius 2 is 1.89 bits per heavy atom. The van der Waals surface area contributed by atoms with Gasteiger partial charge < -0.3 is 10.3 Å². The molecule has 0 bridgehead atoms. The van der Waals surface area contributed by atoms with Crippen molar-refractivity contribution in [1.29, 1.82) is 0 Å². The molecular weight excluding hydrogens is 489 g/mol. The predicted octanol–water partition coefficient (Wildman–Crippen LogP) is 6.17. The van der Waals surface area contributed by atoms with E-state index in [0.717, 1.165) is 68.6 Å². The van der Waals surface area contributed by atoms with Crippen LogP contribution in [-0.2, 0) is 4.79 Å². The molecule has 7 rings (SSSR count). The van der Waals surface area contributed by atoms with Crippen LogP contribution in [0.5, 0.6) is 0 Å². The summed E-state index contributed by atoms with van der Waals surface area (Å²) in [7, 11) is 0. The van der Waals surface area contributed by atoms with Crippen molar-refractivity contribution in [3.63, 3.8) is 0 Å². The lowest BCUT2D eigenvalue weighted by molar-refractivity contribution is -0.122. The van der Waals surface area contributed by atoms with Crippen LogP contribution in [0.15, 0.2) is 61.2 Å². The van der Waals surface area contributed by atoms with E-state index in [1.54, 1.807) is 30.9 Å². The summed E-state index contributed by atoms with van der Waals surface area (Å²) in [6.45, 7) is 0. The lowest BCUT2D eigenvalue weighted by atomic mass is 9.85. The van der Waals surface area contributed by atoms with Gasteiger partial charge in [-0.25, -0.2) is 4.98 Å². The third-order valence-corrected chi connectivity index (χ3v) is 7.74. The molecule has 1 aliphatic carbocycles. The Labute approximate surface area is 214 Å². The van der Waals surface area contributed by atoms with Gasteiger partial charge in [0.1, 0.15) is 11.2 Å². The average Bonchev–Trinajstić information content (AvgIpc) is 3.60. The Hall–Kier alpha value is -4.44. The maximum Gasteiger partial charge on any atom is 0.227 e. The first-order valence-corrected chi connectivity index (χ1v) is 12.8. The smallest absolute Gasteiger partial charge is 0.227 e. The molecule has 1 saturated carbocycles. The first-order chi connectivity index (χ1) is 18.1. The molecule has 5 heterocycles. The van der Waals surface area contributed by atoms with Crippen molar-refractivity contribution in [2.45, 2.75) is 19.3 Å². The fraction of sp³-hybridized carbons (Fsp3) is 0.148. The van der Waals surface area contributed by atoms with Gasteiger partial charge in [0.25, 0.3) is 0 Å². The highest BCUT2D eigenvalue weighted by atomic mass is 32.1. The molecule has 0 aliphatic heterocycles. The van der Waals surface area contributed by atoms with Gasteiger partial charge in [0, 0.05) is 39.7 Å². The number of fused-ring (bicyclic) bond motifs is 2. The Balaban J connectivity index is 1.26. The van der Waals surface area contributed by atoms with E-state index < -0.39 is 0 Å². The van der Waals surface area contributed by atoms with E-state index in [-0.39, 0.29) is 17.0 Å². The summed E-state index contributed by atoms with van der Waals surface area (Å²) in [5.41, 5.74) is 6.25. The van der Waals surface area contributed by atoms with E-state index in [9.17, 15) is 9.18 Å². The van der Waals surface area contributed by atoms with Gasteiger partial charge >= 0.3 is 0 Å². The third-order valence-electron chi connectivity index (χ3n) is 6.84. The zero-order valence-electron chi connectivity index (χ0n) is 19.5. The minimum atomic E-state index is -0.255. The molecule has 0 spiro atoms. The number of H-pyrrole nitrogens is 2. The molecule has 0 unspecified atom stereocenters. The fourth-order valence-electron chi connectivity index (χ4n) is 4.64. The molecule has 182 valence electrons. The molecule has 1 aliphatic rings. The molecule has 0 atom stereocenters. The molecule has 3 N–H and O–H groups in total. The highest BCUT2D eigenvalue weighted by Gasteiger charge is 2.25. The number of nitrogens with zero attached hydrogens (tertiary/aromatic N) is 4. The SMILES string of the molecule is O=C(Nc1cncc(-c2ccc3[nH]nc(-c4nc5c(-c6ccc(F)s6)cncc5[nH]4)c3c2)c1)C1CCC1. The van der Waals surface area contributed by atoms with Crippen LogP contribution in [0.2, 0.25) is 0 Å². The van der Waals surface area contributed by atoms with Crippen molar-refractivity contribution in [1.82, 2.24) is 30.1 Å². The van der Waals surface area contributed by atoms with Crippen LogP contribution in [0.25, 0.3) is 55.0 Å². The number of hydrogen-bond donors (Lipinski definition) is 3. The molecule has 1 aromatic carbocycles. The van der Waals surface area contributed by atoms with Gasteiger partial charge in [-0.1, -0.05) is 12.5 Å². The lowest BCUT2D eigenvalue weighted by Crippen LogP contribution is -2.28. The standard InChI is InChI=1S/C27H20FN7OS/c28-23-7-6-22(37-23)19-12-30-13-21-24(19)33-26(32-21)25-18-9-15(4-5-20(18)34-35-25)16-8-17(11-29-10-16)31-27(36)14-2-1-3-14/h4-14H,1-3H2,(H,31,36)(H,32,33)(H,34,35). The van der Waals surface area contributed by atoms with Crippen molar-refractivity contribution in [2.24, 2.45) is 5.92 Å². The predicted molar refractivity (Wildman–Crippen MR) is 141 cm³/mol. The maximum atomic E-state index is 13.7. The van der Waals surface area contributed by atoms with Gasteiger partial charge in [-0.3, -0.25) is 19.9 Å². The number of rotatable bonds is 5. The summed E-state index contributed by atoms with van der Waals surface area (Å²) < 4.78 is 13.7. The van der Waals surface area contributed by atoms with E-state index in [2.05, 4.69) is 30.5 Å². The minimum Gasteiger partial charge on any atom is -0.335 e. The van der Waals surface area contributed by atoms with Gasteiger partial charge in [0.05, 0.1) is 29.1 Å². The number of pyridine rings is 2. The van der Waals surface area contributed by atoms with E-state index >= 15 is 0 Å². The number of benzene rings is 1. The summed E-state index contributed by atoms with van der Waals surface area (Å²) >= 11 is 1.06. The fourth-order valence-corrected chi connectivity index (χ4v) is 5.38. The monoisotopic (exact) mass is 509 g/mol. The molecular formula is C27H20FN7OS. The zero-order chi connectivity index (χ0) is 24.9. The number of carbonyl (C=O) groups excluding carboxylic acids is 1. The van der Waals surface area contributed by atoms with E-state index in [1.807, 2.05) is 24.3 Å². The Morgan fingerprint density at radius 3 is 2.70 bits per heavy atom. The molecule has 1 amide bonds. The second-order valence-electron chi connectivity index (χ2n) is 9.18. The van der Waals surface area contributed by atoms with Crippen LogP contribution in [0.4, 0.5) is 10.1 Å². The van der Waals surface area contributed by atoms with Crippen LogP contribution in [0.3, 0.4) is 0 Å². The number of aromatic nitrogens is 6. The van der Waals surface area contributed by atoms with Crippen LogP contribution < -0.4 is 5.32 Å². The molecule has 37 heavy (non-hydrogen) atoms. The van der Waals surface area contributed by atoms with Crippen LogP contribution in [0.1, 0.15) is 19.3 Å². The van der Waals surface area contributed by atoms with Crippen molar-refractivity contribution >= 4 is 44.9 Å². The summed E-state index contributed by atoms with van der Waals surface area (Å²) in [5.74, 6) is 0.748. The second-order valence-corrected chi connectivity index (χ2v) is 10.2. The van der Waals surface area contributed by atoms with E-state index in [0.29, 0.717) is 22.7 Å². The maximum absolute atomic E-state index is 13.7. The van der Waals surface area contributed by atoms with Gasteiger partial charge in [0.15, 0.2) is 11.0 Å². The number of amides is 1. The number of hydrogen-bond acceptors (Lipinski definition) is 6. The number of imidazole rings is 1. The first-order valence-electron chi connectivity index (χ1n) is 12.0. The van der Waals surface area contributed by atoms with E-state index in [4.69, 9.17) is 4.98 Å². The number of anilines is 1.